The Morgan fingerprint density at radius 1 is 0.583 bits per heavy atom. The lowest BCUT2D eigenvalue weighted by molar-refractivity contribution is 0.102. The topological polar surface area (TPSA) is 34.1 Å². The van der Waals surface area contributed by atoms with E-state index in [1.807, 2.05) is 50.2 Å². The van der Waals surface area contributed by atoms with Crippen molar-refractivity contribution < 1.29 is 9.59 Å². The first-order valence-corrected chi connectivity index (χ1v) is 7.88. The molecule has 2 nitrogen and oxygen atoms in total. The second-order valence-electron chi connectivity index (χ2n) is 5.85. The predicted octanol–water partition coefficient (Wildman–Crippen LogP) is 4.77. The fourth-order valence-electron chi connectivity index (χ4n) is 2.68. The third-order valence-corrected chi connectivity index (χ3v) is 4.29. The highest BCUT2D eigenvalue weighted by atomic mass is 16.1. The predicted molar refractivity (Wildman–Crippen MR) is 95.7 cm³/mol. The lowest BCUT2D eigenvalue weighted by Crippen LogP contribution is -2.06. The summed E-state index contributed by atoms with van der Waals surface area (Å²) in [6.45, 7) is 3.95. The number of carbonyl (C=O) groups is 2. The van der Waals surface area contributed by atoms with Crippen LogP contribution in [0.1, 0.15) is 43.0 Å². The van der Waals surface area contributed by atoms with Crippen LogP contribution in [0.25, 0.3) is 0 Å². The standard InChI is InChI=1S/C22H18O2/c1-15-7-6-10-20(16(15)2)22(24)19-13-11-18(12-14-19)21(23)17-8-4-3-5-9-17/h3-14H,1-2H3. The summed E-state index contributed by atoms with van der Waals surface area (Å²) in [7, 11) is 0. The minimum absolute atomic E-state index is 0.0186. The summed E-state index contributed by atoms with van der Waals surface area (Å²) in [5.41, 5.74) is 4.61. The number of rotatable bonds is 4. The Balaban J connectivity index is 1.88. The Morgan fingerprint density at radius 3 is 1.75 bits per heavy atom. The molecule has 24 heavy (non-hydrogen) atoms. The first kappa shape index (κ1) is 15.9. The monoisotopic (exact) mass is 314 g/mol. The van der Waals surface area contributed by atoms with E-state index in [9.17, 15) is 9.59 Å². The SMILES string of the molecule is Cc1cccc(C(=O)c2ccc(C(=O)c3ccccc3)cc2)c1C. The first-order valence-electron chi connectivity index (χ1n) is 7.88. The van der Waals surface area contributed by atoms with E-state index in [-0.39, 0.29) is 11.6 Å². The number of aryl methyl sites for hydroxylation is 1. The van der Waals surface area contributed by atoms with Gasteiger partial charge in [0.25, 0.3) is 0 Å². The fraction of sp³-hybridized carbons (Fsp3) is 0.0909. The van der Waals surface area contributed by atoms with Gasteiger partial charge in [0.15, 0.2) is 11.6 Å². The van der Waals surface area contributed by atoms with E-state index < -0.39 is 0 Å². The molecule has 118 valence electrons. The Morgan fingerprint density at radius 2 is 1.12 bits per heavy atom. The first-order chi connectivity index (χ1) is 11.6. The van der Waals surface area contributed by atoms with Crippen LogP contribution in [0.4, 0.5) is 0 Å². The minimum Gasteiger partial charge on any atom is -0.289 e. The highest BCUT2D eigenvalue weighted by Crippen LogP contribution is 2.18. The largest absolute Gasteiger partial charge is 0.289 e. The van der Waals surface area contributed by atoms with Gasteiger partial charge in [-0.25, -0.2) is 0 Å². The molecular weight excluding hydrogens is 296 g/mol. The molecule has 0 aliphatic carbocycles. The van der Waals surface area contributed by atoms with E-state index in [0.29, 0.717) is 22.3 Å². The van der Waals surface area contributed by atoms with Gasteiger partial charge in [0.2, 0.25) is 0 Å². The maximum Gasteiger partial charge on any atom is 0.193 e. The Labute approximate surface area is 141 Å². The molecule has 3 aromatic carbocycles. The van der Waals surface area contributed by atoms with Crippen LogP contribution in [-0.2, 0) is 0 Å². The molecule has 0 unspecified atom stereocenters. The van der Waals surface area contributed by atoms with Crippen LogP contribution in [0.5, 0.6) is 0 Å². The van der Waals surface area contributed by atoms with Crippen LogP contribution in [-0.4, -0.2) is 11.6 Å². The highest BCUT2D eigenvalue weighted by molar-refractivity contribution is 6.12. The quantitative estimate of drug-likeness (QED) is 0.650. The van der Waals surface area contributed by atoms with Crippen molar-refractivity contribution in [1.29, 1.82) is 0 Å². The molecule has 0 atom stereocenters. The number of hydrogen-bond acceptors (Lipinski definition) is 2. The number of benzene rings is 3. The lowest BCUT2D eigenvalue weighted by atomic mass is 9.95. The summed E-state index contributed by atoms with van der Waals surface area (Å²) in [6.07, 6.45) is 0. The Kier molecular flexibility index (Phi) is 4.39. The zero-order chi connectivity index (χ0) is 17.1. The highest BCUT2D eigenvalue weighted by Gasteiger charge is 2.14. The second kappa shape index (κ2) is 6.63. The fourth-order valence-corrected chi connectivity index (χ4v) is 2.68. The molecule has 0 fully saturated rings. The van der Waals surface area contributed by atoms with E-state index >= 15 is 0 Å². The second-order valence-corrected chi connectivity index (χ2v) is 5.85. The molecule has 3 aromatic rings. The Bertz CT molecular complexity index is 891. The van der Waals surface area contributed by atoms with Crippen LogP contribution in [0.3, 0.4) is 0 Å². The van der Waals surface area contributed by atoms with Gasteiger partial charge >= 0.3 is 0 Å². The van der Waals surface area contributed by atoms with Crippen molar-refractivity contribution in [1.82, 2.24) is 0 Å². The zero-order valence-electron chi connectivity index (χ0n) is 13.7. The summed E-state index contributed by atoms with van der Waals surface area (Å²) in [5.74, 6) is -0.0590. The molecule has 0 N–H and O–H groups in total. The van der Waals surface area contributed by atoms with Crippen molar-refractivity contribution >= 4 is 11.6 Å². The van der Waals surface area contributed by atoms with Crippen LogP contribution in [0, 0.1) is 13.8 Å². The third kappa shape index (κ3) is 3.04. The number of carbonyl (C=O) groups excluding carboxylic acids is 2. The van der Waals surface area contributed by atoms with Crippen LogP contribution in [0.15, 0.2) is 72.8 Å². The van der Waals surface area contributed by atoms with Crippen molar-refractivity contribution in [2.24, 2.45) is 0 Å². The van der Waals surface area contributed by atoms with E-state index in [0.717, 1.165) is 11.1 Å². The molecule has 0 aliphatic heterocycles. The minimum atomic E-state index is -0.0404. The maximum atomic E-state index is 12.7. The van der Waals surface area contributed by atoms with Crippen molar-refractivity contribution in [2.75, 3.05) is 0 Å². The molecular formula is C22H18O2. The molecule has 0 radical (unpaired) electrons. The average molecular weight is 314 g/mol. The summed E-state index contributed by atoms with van der Waals surface area (Å²) >= 11 is 0. The van der Waals surface area contributed by atoms with Gasteiger partial charge in [-0.15, -0.1) is 0 Å². The third-order valence-electron chi connectivity index (χ3n) is 4.29. The van der Waals surface area contributed by atoms with Gasteiger partial charge < -0.3 is 0 Å². The van der Waals surface area contributed by atoms with Crippen molar-refractivity contribution in [3.63, 3.8) is 0 Å². The van der Waals surface area contributed by atoms with Gasteiger partial charge in [-0.2, -0.15) is 0 Å². The molecule has 0 bridgehead atoms. The normalized spacial score (nSPS) is 10.4. The summed E-state index contributed by atoms with van der Waals surface area (Å²) in [4.78, 5) is 25.1. The molecule has 0 amide bonds. The van der Waals surface area contributed by atoms with Gasteiger partial charge in [-0.05, 0) is 25.0 Å². The van der Waals surface area contributed by atoms with Gasteiger partial charge in [0.05, 0.1) is 0 Å². The molecule has 0 spiro atoms. The number of ketones is 2. The van der Waals surface area contributed by atoms with E-state index in [2.05, 4.69) is 0 Å². The molecule has 0 aliphatic rings. The summed E-state index contributed by atoms with van der Waals surface area (Å²) in [5, 5.41) is 0. The molecule has 0 saturated carbocycles. The summed E-state index contributed by atoms with van der Waals surface area (Å²) in [6, 6.07) is 21.7. The van der Waals surface area contributed by atoms with Gasteiger partial charge in [-0.3, -0.25) is 9.59 Å². The van der Waals surface area contributed by atoms with Crippen molar-refractivity contribution in [3.8, 4) is 0 Å². The van der Waals surface area contributed by atoms with Crippen molar-refractivity contribution in [3.05, 3.63) is 106 Å². The van der Waals surface area contributed by atoms with Crippen LogP contribution < -0.4 is 0 Å². The van der Waals surface area contributed by atoms with Gasteiger partial charge in [0, 0.05) is 22.3 Å². The van der Waals surface area contributed by atoms with Gasteiger partial charge in [-0.1, -0.05) is 72.8 Å². The molecule has 3 rings (SSSR count). The van der Waals surface area contributed by atoms with Gasteiger partial charge in [0.1, 0.15) is 0 Å². The van der Waals surface area contributed by atoms with E-state index in [1.54, 1.807) is 36.4 Å². The maximum absolute atomic E-state index is 12.7. The van der Waals surface area contributed by atoms with Crippen LogP contribution >= 0.6 is 0 Å². The van der Waals surface area contributed by atoms with E-state index in [1.165, 1.54) is 0 Å². The molecule has 0 heterocycles. The Hall–Kier alpha value is -3.00. The molecule has 2 heteroatoms. The lowest BCUT2D eigenvalue weighted by Gasteiger charge is -2.08. The van der Waals surface area contributed by atoms with E-state index in [4.69, 9.17) is 0 Å². The smallest absolute Gasteiger partial charge is 0.193 e. The summed E-state index contributed by atoms with van der Waals surface area (Å²) < 4.78 is 0. The van der Waals surface area contributed by atoms with Crippen molar-refractivity contribution in [2.45, 2.75) is 13.8 Å². The zero-order valence-corrected chi connectivity index (χ0v) is 13.7. The van der Waals surface area contributed by atoms with Crippen LogP contribution in [0.2, 0.25) is 0 Å². The molecule has 0 saturated heterocycles. The molecule has 0 aromatic heterocycles. The number of hydrogen-bond donors (Lipinski definition) is 0. The average Bonchev–Trinajstić information content (AvgIpc) is 2.64.